The number of aliphatic hydroxyl groups excluding tert-OH is 16. The van der Waals surface area contributed by atoms with Crippen molar-refractivity contribution >= 4 is 15.3 Å². The number of hydrogen-bond donors (Lipinski definition) is 16. The molecular formula is C44H74O32S. The molecule has 0 aromatic heterocycles. The zero-order valence-electron chi connectivity index (χ0n) is 41.7. The molecule has 12 bridgehead atoms. The molecule has 0 amide bonds. The largest absolute Gasteiger partial charge is 0.394 e. The van der Waals surface area contributed by atoms with Crippen molar-refractivity contribution in [2.75, 3.05) is 46.2 Å². The van der Waals surface area contributed by atoms with Crippen molar-refractivity contribution in [3.8, 4) is 0 Å². The molecule has 0 spiro atoms. The molecule has 16 N–H and O–H groups in total. The first-order valence-electron chi connectivity index (χ1n) is 25.4. The van der Waals surface area contributed by atoms with Crippen LogP contribution >= 0.6 is 0 Å². The van der Waals surface area contributed by atoms with E-state index in [-0.39, 0.29) is 19.4 Å². The minimum atomic E-state index is -3.09. The molecule has 30 atom stereocenters. The van der Waals surface area contributed by atoms with E-state index in [4.69, 9.17) is 66.3 Å². The lowest BCUT2D eigenvalue weighted by atomic mass is 9.94. The summed E-state index contributed by atoms with van der Waals surface area (Å²) in [5.74, 6) is 0. The first-order chi connectivity index (χ1) is 36.8. The van der Waals surface area contributed by atoms with E-state index in [1.165, 1.54) is 0 Å². The standard InChI is InChI=1S/C44H74O32S/c1-3-5-7-63-37-29(59)43-68-18(12-49)35(37)75-44-30(60)38(70-20(6-4-2)77(61)62)36(19(13-50)69-44)76-42-28(58)24(54)33(16(10-47)67-42)73-40-26(56)22(52)31(14(8-45)65-40)71-39-25(55)21(51)32(15(9-46)64-39)72-41-27(57)23(53)34(74-43)17(11-48)66-41/h14-19,21-60H,3-13H2,1-2H3/t14-,15-,16-,17-,18-,19-,21-,22-,23-,24-,25-,26-,27-,28-,29-,30-,31-,32-,33-,34-,35+,36+,37-,38-,39-,40-,41-,42-,43-,44-/m1/s1. The van der Waals surface area contributed by atoms with Gasteiger partial charge < -0.3 is 148 Å². The first-order valence-corrected chi connectivity index (χ1v) is 26.4. The number of rotatable bonds is 13. The van der Waals surface area contributed by atoms with Gasteiger partial charge in [0.15, 0.2) is 42.8 Å². The molecule has 0 aliphatic carbocycles. The zero-order chi connectivity index (χ0) is 56.2. The second kappa shape index (κ2) is 28.2. The minimum Gasteiger partial charge on any atom is -0.394 e. The highest BCUT2D eigenvalue weighted by atomic mass is 32.2. The van der Waals surface area contributed by atoms with Gasteiger partial charge in [-0.1, -0.05) is 20.3 Å². The van der Waals surface area contributed by atoms with Crippen LogP contribution in [0.2, 0.25) is 0 Å². The fraction of sp³-hybridized carbons (Fsp3) is 0.977. The van der Waals surface area contributed by atoms with Crippen LogP contribution in [-0.4, -0.2) is 326 Å². The molecule has 32 nitrogen and oxygen atoms in total. The topological polar surface area (TPSA) is 487 Å². The molecule has 0 unspecified atom stereocenters. The molecule has 22 aliphatic rings. The lowest BCUT2D eigenvalue weighted by Gasteiger charge is -2.51. The molecule has 22 aliphatic heterocycles. The summed E-state index contributed by atoms with van der Waals surface area (Å²) in [5, 5.41) is 178. The summed E-state index contributed by atoms with van der Waals surface area (Å²) in [6.45, 7) is -2.73. The number of unbranched alkanes of at least 4 members (excludes halogenated alkanes) is 1. The molecule has 22 heterocycles. The van der Waals surface area contributed by atoms with Gasteiger partial charge in [-0.05, 0) is 12.8 Å². The van der Waals surface area contributed by atoms with Gasteiger partial charge in [-0.2, -0.15) is 8.42 Å². The van der Waals surface area contributed by atoms with Crippen molar-refractivity contribution in [3.05, 3.63) is 0 Å². The van der Waals surface area contributed by atoms with Crippen LogP contribution < -0.4 is 0 Å². The summed E-state index contributed by atoms with van der Waals surface area (Å²) < 4.78 is 107. The van der Waals surface area contributed by atoms with E-state index in [1.807, 2.05) is 6.92 Å². The predicted octanol–water partition coefficient (Wildman–Crippen LogP) is -10.4. The summed E-state index contributed by atoms with van der Waals surface area (Å²) in [4.78, 5) is 0. The fourth-order valence-corrected chi connectivity index (χ4v) is 10.7. The van der Waals surface area contributed by atoms with Crippen LogP contribution in [-0.2, 0) is 76.6 Å². The van der Waals surface area contributed by atoms with Crippen molar-refractivity contribution in [3.63, 3.8) is 0 Å². The third-order valence-corrected chi connectivity index (χ3v) is 15.0. The highest BCUT2D eigenvalue weighted by Crippen LogP contribution is 2.39. The van der Waals surface area contributed by atoms with Crippen molar-refractivity contribution < 1.29 is 156 Å². The van der Waals surface area contributed by atoms with E-state index in [9.17, 15) is 90.1 Å². The SMILES string of the molecule is CCCCO[C@@H]1[C@@H](O)[C@H]2O[C@H]3[C@H](O)[C@@H](O)[C@@H](O[C@H]4[C@H](O)[C@@H](O)[C@@H](O[C@H]5[C@H](O)[C@@H](O)[C@@H](O[C@H]6[C@H](O)[C@@H](O)[C@@H](O[C@@H]7[C@H](OC(CCC)=S(=O)=O)[C@@H](O)[C@@H](O[C@H]1[C@@H](CO)O2)O[C@@H]7CO)O[C@@H]6CO)O[C@@H]5CO)O[C@@H]4CO)O[C@@H]3CO. The molecule has 77 heavy (non-hydrogen) atoms. The molecule has 0 aromatic rings. The summed E-state index contributed by atoms with van der Waals surface area (Å²) in [7, 11) is -3.09. The van der Waals surface area contributed by atoms with Gasteiger partial charge in [0, 0.05) is 13.0 Å². The first kappa shape index (κ1) is 63.1. The molecule has 0 saturated carbocycles. The summed E-state index contributed by atoms with van der Waals surface area (Å²) in [6.07, 6.45) is -57.2. The maximum absolute atomic E-state index is 12.5. The van der Waals surface area contributed by atoms with Gasteiger partial charge in [0.05, 0.1) is 39.6 Å². The zero-order valence-corrected chi connectivity index (χ0v) is 42.5. The number of hydrogen-bond acceptors (Lipinski definition) is 32. The van der Waals surface area contributed by atoms with Crippen LogP contribution in [0.5, 0.6) is 0 Å². The molecule has 0 radical (unpaired) electrons. The lowest BCUT2D eigenvalue weighted by molar-refractivity contribution is -0.404. The van der Waals surface area contributed by atoms with Gasteiger partial charge >= 0.3 is 0 Å². The van der Waals surface area contributed by atoms with E-state index < -0.39 is 239 Å². The molecule has 0 aromatic carbocycles. The Morgan fingerprint density at radius 1 is 0.364 bits per heavy atom. The Hall–Kier alpha value is -1.51. The van der Waals surface area contributed by atoms with Crippen molar-refractivity contribution in [2.45, 2.75) is 224 Å². The van der Waals surface area contributed by atoms with Crippen molar-refractivity contribution in [1.82, 2.24) is 0 Å². The van der Waals surface area contributed by atoms with E-state index >= 15 is 0 Å². The summed E-state index contributed by atoms with van der Waals surface area (Å²) in [6, 6.07) is 0. The van der Waals surface area contributed by atoms with Gasteiger partial charge in [0.25, 0.3) is 0 Å². The second-order valence-electron chi connectivity index (χ2n) is 19.5. The Morgan fingerprint density at radius 2 is 0.636 bits per heavy atom. The smallest absolute Gasteiger partial charge is 0.240 e. The molecule has 22 fully saturated rings. The van der Waals surface area contributed by atoms with E-state index in [0.29, 0.717) is 12.8 Å². The number of ether oxygens (including phenoxy) is 14. The van der Waals surface area contributed by atoms with Crippen LogP contribution in [0.15, 0.2) is 0 Å². The molecule has 22 rings (SSSR count). The summed E-state index contributed by atoms with van der Waals surface area (Å²) >= 11 is 0. The minimum absolute atomic E-state index is 0.0851. The van der Waals surface area contributed by atoms with Gasteiger partial charge in [-0.3, -0.25) is 0 Å². The average molecular weight is 1150 g/mol. The third-order valence-electron chi connectivity index (χ3n) is 14.3. The monoisotopic (exact) mass is 1150 g/mol. The van der Waals surface area contributed by atoms with E-state index in [1.54, 1.807) is 6.92 Å². The van der Waals surface area contributed by atoms with Crippen molar-refractivity contribution in [2.24, 2.45) is 0 Å². The van der Waals surface area contributed by atoms with Gasteiger partial charge in [-0.15, -0.1) is 0 Å². The van der Waals surface area contributed by atoms with Crippen LogP contribution in [0.25, 0.3) is 0 Å². The average Bonchev–Trinajstić information content (AvgIpc) is 3.42. The Labute approximate surface area is 441 Å². The van der Waals surface area contributed by atoms with E-state index in [0.717, 1.165) is 0 Å². The second-order valence-corrected chi connectivity index (χ2v) is 20.4. The number of aliphatic hydroxyl groups is 16. The van der Waals surface area contributed by atoms with Crippen LogP contribution in [0.3, 0.4) is 0 Å². The van der Waals surface area contributed by atoms with Crippen LogP contribution in [0.1, 0.15) is 39.5 Å². The van der Waals surface area contributed by atoms with Gasteiger partial charge in [0.2, 0.25) is 10.3 Å². The van der Waals surface area contributed by atoms with Crippen LogP contribution in [0.4, 0.5) is 0 Å². The third kappa shape index (κ3) is 13.5. The van der Waals surface area contributed by atoms with Gasteiger partial charge in [-0.25, -0.2) is 0 Å². The Kier molecular flexibility index (Phi) is 23.1. The highest BCUT2D eigenvalue weighted by molar-refractivity contribution is 7.72. The highest BCUT2D eigenvalue weighted by Gasteiger charge is 2.59. The van der Waals surface area contributed by atoms with E-state index in [2.05, 4.69) is 0 Å². The van der Waals surface area contributed by atoms with Crippen LogP contribution in [0, 0.1) is 0 Å². The normalized spacial score (nSPS) is 49.1. The molecule has 22 saturated heterocycles. The lowest BCUT2D eigenvalue weighted by Crippen LogP contribution is -2.69. The van der Waals surface area contributed by atoms with Crippen molar-refractivity contribution in [1.29, 1.82) is 0 Å². The molecule has 448 valence electrons. The molecule has 33 heteroatoms. The maximum Gasteiger partial charge on any atom is 0.240 e. The fourth-order valence-electron chi connectivity index (χ4n) is 10.1. The quantitative estimate of drug-likeness (QED) is 0.0601. The Bertz CT molecular complexity index is 1950. The van der Waals surface area contributed by atoms with Gasteiger partial charge in [0.1, 0.15) is 146 Å². The maximum atomic E-state index is 12.5. The Balaban J connectivity index is 1.27. The molecular weight excluding hydrogens is 1070 g/mol. The Morgan fingerprint density at radius 3 is 0.922 bits per heavy atom. The predicted molar refractivity (Wildman–Crippen MR) is 242 cm³/mol. The summed E-state index contributed by atoms with van der Waals surface area (Å²) in [5.41, 5.74) is 0.